The fourth-order valence-electron chi connectivity index (χ4n) is 3.68. The van der Waals surface area contributed by atoms with Crippen LogP contribution in [0.2, 0.25) is 5.02 Å². The van der Waals surface area contributed by atoms with Crippen LogP contribution in [0.25, 0.3) is 0 Å². The predicted molar refractivity (Wildman–Crippen MR) is 131 cm³/mol. The van der Waals surface area contributed by atoms with Gasteiger partial charge in [-0.05, 0) is 43.2 Å². The van der Waals surface area contributed by atoms with E-state index in [0.717, 1.165) is 10.1 Å². The summed E-state index contributed by atoms with van der Waals surface area (Å²) in [4.78, 5) is 12.8. The maximum Gasteiger partial charge on any atom is 0.264 e. The molecule has 174 valence electrons. The third kappa shape index (κ3) is 6.56. The van der Waals surface area contributed by atoms with Gasteiger partial charge in [0.1, 0.15) is 12.3 Å². The Morgan fingerprint density at radius 3 is 2.53 bits per heavy atom. The second kappa shape index (κ2) is 11.8. The van der Waals surface area contributed by atoms with Crippen molar-refractivity contribution in [2.75, 3.05) is 30.3 Å². The van der Waals surface area contributed by atoms with Crippen molar-refractivity contribution in [3.05, 3.63) is 53.6 Å². The van der Waals surface area contributed by atoms with Crippen molar-refractivity contribution in [2.45, 2.75) is 42.2 Å². The molecule has 1 aliphatic rings. The van der Waals surface area contributed by atoms with Gasteiger partial charge >= 0.3 is 0 Å². The van der Waals surface area contributed by atoms with Crippen molar-refractivity contribution in [1.29, 1.82) is 0 Å². The zero-order valence-electron chi connectivity index (χ0n) is 18.1. The molecule has 0 heterocycles. The van der Waals surface area contributed by atoms with Crippen LogP contribution in [0.5, 0.6) is 5.75 Å². The highest BCUT2D eigenvalue weighted by Gasteiger charge is 2.27. The summed E-state index contributed by atoms with van der Waals surface area (Å²) < 4.78 is 32.9. The number of carbonyl (C=O) groups is 1. The summed E-state index contributed by atoms with van der Waals surface area (Å²) in [5.74, 6) is 0.883. The Balaban J connectivity index is 1.71. The molecule has 0 bridgehead atoms. The van der Waals surface area contributed by atoms with E-state index in [1.165, 1.54) is 57.4 Å². The first-order chi connectivity index (χ1) is 15.4. The van der Waals surface area contributed by atoms with Crippen molar-refractivity contribution in [3.8, 4) is 5.75 Å². The van der Waals surface area contributed by atoms with E-state index in [1.807, 2.05) is 11.8 Å². The average Bonchev–Trinajstić information content (AvgIpc) is 2.81. The smallest absolute Gasteiger partial charge is 0.264 e. The first kappa shape index (κ1) is 24.7. The Morgan fingerprint density at radius 1 is 1.16 bits per heavy atom. The van der Waals surface area contributed by atoms with Crippen LogP contribution >= 0.6 is 23.4 Å². The highest BCUT2D eigenvalue weighted by molar-refractivity contribution is 7.99. The van der Waals surface area contributed by atoms with E-state index in [-0.39, 0.29) is 22.4 Å². The van der Waals surface area contributed by atoms with Crippen molar-refractivity contribution in [3.63, 3.8) is 0 Å². The number of nitrogens with one attached hydrogen (secondary N) is 1. The number of sulfonamides is 1. The van der Waals surface area contributed by atoms with Crippen LogP contribution < -0.4 is 14.4 Å². The molecule has 6 nitrogen and oxygen atoms in total. The van der Waals surface area contributed by atoms with Gasteiger partial charge in [-0.25, -0.2) is 8.42 Å². The summed E-state index contributed by atoms with van der Waals surface area (Å²) in [6.45, 7) is 0.163. The first-order valence-electron chi connectivity index (χ1n) is 10.7. The van der Waals surface area contributed by atoms with Gasteiger partial charge in [0.05, 0.1) is 22.7 Å². The molecule has 0 radical (unpaired) electrons. The number of hydrogen-bond acceptors (Lipinski definition) is 5. The summed E-state index contributed by atoms with van der Waals surface area (Å²) in [6, 6.07) is 12.7. The fourth-order valence-corrected chi connectivity index (χ4v) is 6.59. The number of anilines is 1. The maximum absolute atomic E-state index is 13.3. The van der Waals surface area contributed by atoms with E-state index in [1.54, 1.807) is 30.3 Å². The molecule has 0 aliphatic heterocycles. The van der Waals surface area contributed by atoms with Gasteiger partial charge in [-0.3, -0.25) is 9.10 Å². The van der Waals surface area contributed by atoms with Gasteiger partial charge in [-0.15, -0.1) is 0 Å². The SMILES string of the molecule is COc1ccc(N(CC(=O)NCCSC2CCCCC2)S(=O)(=O)c2ccccc2)cc1Cl. The first-order valence-corrected chi connectivity index (χ1v) is 13.6. The molecule has 0 aromatic heterocycles. The Hall–Kier alpha value is -1.90. The van der Waals surface area contributed by atoms with Crippen LogP contribution in [0, 0.1) is 0 Å². The number of halogens is 1. The van der Waals surface area contributed by atoms with Gasteiger partial charge in [0.2, 0.25) is 5.91 Å². The van der Waals surface area contributed by atoms with Crippen molar-refractivity contribution < 1.29 is 17.9 Å². The van der Waals surface area contributed by atoms with Crippen LogP contribution in [0.15, 0.2) is 53.4 Å². The fraction of sp³-hybridized carbons (Fsp3) is 0.435. The summed E-state index contributed by atoms with van der Waals surface area (Å²) >= 11 is 8.12. The molecule has 1 saturated carbocycles. The second-order valence-electron chi connectivity index (χ2n) is 7.62. The molecular formula is C23H29ClN2O4S2. The van der Waals surface area contributed by atoms with Crippen molar-refractivity contribution in [1.82, 2.24) is 5.32 Å². The van der Waals surface area contributed by atoms with E-state index in [0.29, 0.717) is 23.2 Å². The molecule has 0 unspecified atom stereocenters. The van der Waals surface area contributed by atoms with Crippen LogP contribution in [-0.4, -0.2) is 45.5 Å². The Labute approximate surface area is 199 Å². The largest absolute Gasteiger partial charge is 0.495 e. The maximum atomic E-state index is 13.3. The zero-order valence-corrected chi connectivity index (χ0v) is 20.5. The molecular weight excluding hydrogens is 468 g/mol. The van der Waals surface area contributed by atoms with Crippen molar-refractivity contribution >= 4 is 45.0 Å². The predicted octanol–water partition coefficient (Wildman–Crippen LogP) is 4.73. The van der Waals surface area contributed by atoms with E-state index >= 15 is 0 Å². The standard InChI is InChI=1S/C23H29ClN2O4S2/c1-30-22-13-12-18(16-21(22)24)26(32(28,29)20-10-6-3-7-11-20)17-23(27)25-14-15-31-19-8-4-2-5-9-19/h3,6-7,10-13,16,19H,2,4-5,8-9,14-15,17H2,1H3,(H,25,27). The Bertz CT molecular complexity index is 996. The minimum absolute atomic E-state index is 0.104. The number of benzene rings is 2. The van der Waals surface area contributed by atoms with Gasteiger partial charge in [-0.2, -0.15) is 11.8 Å². The highest BCUT2D eigenvalue weighted by Crippen LogP contribution is 2.32. The van der Waals surface area contributed by atoms with E-state index in [9.17, 15) is 13.2 Å². The number of rotatable bonds is 10. The molecule has 0 spiro atoms. The monoisotopic (exact) mass is 496 g/mol. The number of nitrogens with zero attached hydrogens (tertiary/aromatic N) is 1. The number of carbonyl (C=O) groups excluding carboxylic acids is 1. The van der Waals surface area contributed by atoms with Gasteiger partial charge < -0.3 is 10.1 Å². The number of methoxy groups -OCH3 is 1. The lowest BCUT2D eigenvalue weighted by Gasteiger charge is -2.25. The molecule has 2 aromatic rings. The molecule has 0 saturated heterocycles. The van der Waals surface area contributed by atoms with Crippen LogP contribution in [-0.2, 0) is 14.8 Å². The van der Waals surface area contributed by atoms with E-state index < -0.39 is 10.0 Å². The molecule has 1 aliphatic carbocycles. The quantitative estimate of drug-likeness (QED) is 0.481. The number of thioether (sulfide) groups is 1. The van der Waals surface area contributed by atoms with Crippen molar-refractivity contribution in [2.24, 2.45) is 0 Å². The van der Waals surface area contributed by atoms with Gasteiger partial charge in [0.25, 0.3) is 10.0 Å². The normalized spacial score (nSPS) is 14.7. The lowest BCUT2D eigenvalue weighted by Crippen LogP contribution is -2.41. The van der Waals surface area contributed by atoms with Crippen LogP contribution in [0.4, 0.5) is 5.69 Å². The molecule has 1 N–H and O–H groups in total. The molecule has 32 heavy (non-hydrogen) atoms. The number of amides is 1. The molecule has 9 heteroatoms. The number of hydrogen-bond donors (Lipinski definition) is 1. The average molecular weight is 497 g/mol. The van der Waals surface area contributed by atoms with E-state index in [2.05, 4.69) is 5.32 Å². The topological polar surface area (TPSA) is 75.7 Å². The van der Waals surface area contributed by atoms with E-state index in [4.69, 9.17) is 16.3 Å². The minimum atomic E-state index is -3.97. The third-order valence-corrected chi connectivity index (χ3v) is 8.84. The molecule has 2 aromatic carbocycles. The van der Waals surface area contributed by atoms with Crippen LogP contribution in [0.1, 0.15) is 32.1 Å². The molecule has 3 rings (SSSR count). The molecule has 0 atom stereocenters. The summed E-state index contributed by atoms with van der Waals surface area (Å²) in [5.41, 5.74) is 0.298. The van der Waals surface area contributed by atoms with Gasteiger partial charge in [0.15, 0.2) is 0 Å². The molecule has 1 amide bonds. The van der Waals surface area contributed by atoms with Crippen LogP contribution in [0.3, 0.4) is 0 Å². The summed E-state index contributed by atoms with van der Waals surface area (Å²) in [6.07, 6.45) is 6.34. The van der Waals surface area contributed by atoms with Gasteiger partial charge in [0, 0.05) is 17.5 Å². The number of ether oxygens (including phenoxy) is 1. The lowest BCUT2D eigenvalue weighted by atomic mass is 10.0. The molecule has 1 fully saturated rings. The van der Waals surface area contributed by atoms with Gasteiger partial charge in [-0.1, -0.05) is 49.1 Å². The third-order valence-electron chi connectivity index (χ3n) is 5.37. The Kier molecular flexibility index (Phi) is 9.13. The summed E-state index contributed by atoms with van der Waals surface area (Å²) in [5, 5.41) is 3.79. The highest BCUT2D eigenvalue weighted by atomic mass is 35.5. The Morgan fingerprint density at radius 2 is 1.88 bits per heavy atom. The minimum Gasteiger partial charge on any atom is -0.495 e. The zero-order chi connectivity index (χ0) is 23.0. The second-order valence-corrected chi connectivity index (χ2v) is 11.3. The summed E-state index contributed by atoms with van der Waals surface area (Å²) in [7, 11) is -2.48. The lowest BCUT2D eigenvalue weighted by molar-refractivity contribution is -0.119.